The lowest BCUT2D eigenvalue weighted by Gasteiger charge is -2.21. The van der Waals surface area contributed by atoms with Crippen molar-refractivity contribution in [3.63, 3.8) is 0 Å². The van der Waals surface area contributed by atoms with Gasteiger partial charge in [0.2, 0.25) is 0 Å². The molecule has 0 saturated carbocycles. The number of carbonyl (C=O) groups is 1. The predicted molar refractivity (Wildman–Crippen MR) is 71.0 cm³/mol. The summed E-state index contributed by atoms with van der Waals surface area (Å²) < 4.78 is 0. The van der Waals surface area contributed by atoms with Crippen molar-refractivity contribution >= 4 is 23.4 Å². The van der Waals surface area contributed by atoms with E-state index in [1.54, 1.807) is 18.3 Å². The molecule has 1 aliphatic rings. The van der Waals surface area contributed by atoms with Crippen LogP contribution in [0.2, 0.25) is 0 Å². The molecule has 1 saturated heterocycles. The van der Waals surface area contributed by atoms with E-state index >= 15 is 0 Å². The third-order valence-corrected chi connectivity index (χ3v) is 3.96. The molecule has 0 bridgehead atoms. The standard InChI is InChI=1S/C12H17N3OS/c13-10-1-4-14-11(7-10)12(16)15-8-9-2-5-17-6-3-9/h1,4,7,9H,2-3,5-6,8H2,(H2,13,14)(H,15,16). The molecule has 1 amide bonds. The van der Waals surface area contributed by atoms with E-state index in [2.05, 4.69) is 10.3 Å². The zero-order chi connectivity index (χ0) is 12.1. The maximum atomic E-state index is 11.8. The summed E-state index contributed by atoms with van der Waals surface area (Å²) in [5, 5.41) is 2.93. The van der Waals surface area contributed by atoms with Gasteiger partial charge in [-0.3, -0.25) is 9.78 Å². The van der Waals surface area contributed by atoms with Crippen LogP contribution in [0.25, 0.3) is 0 Å². The molecule has 0 spiro atoms. The zero-order valence-electron chi connectivity index (χ0n) is 9.69. The monoisotopic (exact) mass is 251 g/mol. The molecule has 0 atom stereocenters. The Morgan fingerprint density at radius 2 is 2.29 bits per heavy atom. The van der Waals surface area contributed by atoms with Crippen molar-refractivity contribution in [3.05, 3.63) is 24.0 Å². The second kappa shape index (κ2) is 5.91. The molecule has 0 aromatic carbocycles. The second-order valence-electron chi connectivity index (χ2n) is 4.24. The fourth-order valence-electron chi connectivity index (χ4n) is 1.85. The molecule has 5 heteroatoms. The van der Waals surface area contributed by atoms with Crippen molar-refractivity contribution in [2.45, 2.75) is 12.8 Å². The molecular weight excluding hydrogens is 234 g/mol. The number of aromatic nitrogens is 1. The SMILES string of the molecule is Nc1ccnc(C(=O)NCC2CCSCC2)c1. The Hall–Kier alpha value is -1.23. The van der Waals surface area contributed by atoms with Gasteiger partial charge in [-0.1, -0.05) is 0 Å². The summed E-state index contributed by atoms with van der Waals surface area (Å²) in [4.78, 5) is 15.8. The molecule has 1 aromatic heterocycles. The summed E-state index contributed by atoms with van der Waals surface area (Å²) in [6.45, 7) is 0.746. The summed E-state index contributed by atoms with van der Waals surface area (Å²) in [6.07, 6.45) is 3.94. The molecule has 2 rings (SSSR count). The molecule has 92 valence electrons. The summed E-state index contributed by atoms with van der Waals surface area (Å²) >= 11 is 1.99. The van der Waals surface area contributed by atoms with Crippen LogP contribution in [-0.4, -0.2) is 28.9 Å². The Labute approximate surface area is 105 Å². The molecule has 3 N–H and O–H groups in total. The van der Waals surface area contributed by atoms with E-state index in [0.717, 1.165) is 6.54 Å². The number of anilines is 1. The fourth-order valence-corrected chi connectivity index (χ4v) is 3.05. The van der Waals surface area contributed by atoms with Crippen LogP contribution in [0.5, 0.6) is 0 Å². The molecule has 2 heterocycles. The van der Waals surface area contributed by atoms with Crippen molar-refractivity contribution in [2.75, 3.05) is 23.8 Å². The average molecular weight is 251 g/mol. The van der Waals surface area contributed by atoms with Gasteiger partial charge in [0, 0.05) is 18.4 Å². The number of amides is 1. The minimum atomic E-state index is -0.129. The molecule has 0 unspecified atom stereocenters. The fraction of sp³-hybridized carbons (Fsp3) is 0.500. The first kappa shape index (κ1) is 12.2. The molecule has 0 radical (unpaired) electrons. The first-order chi connectivity index (χ1) is 8.25. The number of thioether (sulfide) groups is 1. The number of nitrogens with two attached hydrogens (primary N) is 1. The van der Waals surface area contributed by atoms with Crippen LogP contribution in [0.4, 0.5) is 5.69 Å². The first-order valence-electron chi connectivity index (χ1n) is 5.83. The van der Waals surface area contributed by atoms with Crippen molar-refractivity contribution in [2.24, 2.45) is 5.92 Å². The average Bonchev–Trinajstić information content (AvgIpc) is 2.37. The van der Waals surface area contributed by atoms with E-state index < -0.39 is 0 Å². The molecule has 17 heavy (non-hydrogen) atoms. The van der Waals surface area contributed by atoms with Crippen molar-refractivity contribution < 1.29 is 4.79 Å². The number of rotatable bonds is 3. The third kappa shape index (κ3) is 3.63. The van der Waals surface area contributed by atoms with Gasteiger partial charge in [0.15, 0.2) is 0 Å². The van der Waals surface area contributed by atoms with E-state index in [0.29, 0.717) is 17.3 Å². The Kier molecular flexibility index (Phi) is 4.25. The third-order valence-electron chi connectivity index (χ3n) is 2.91. The molecule has 1 aromatic rings. The number of nitrogens with one attached hydrogen (secondary N) is 1. The van der Waals surface area contributed by atoms with E-state index in [1.807, 2.05) is 11.8 Å². The topological polar surface area (TPSA) is 68.0 Å². The highest BCUT2D eigenvalue weighted by atomic mass is 32.2. The quantitative estimate of drug-likeness (QED) is 0.855. The van der Waals surface area contributed by atoms with Gasteiger partial charge in [0.25, 0.3) is 5.91 Å². The Balaban J connectivity index is 1.84. The van der Waals surface area contributed by atoms with Gasteiger partial charge in [0.1, 0.15) is 5.69 Å². The van der Waals surface area contributed by atoms with Gasteiger partial charge in [-0.15, -0.1) is 0 Å². The summed E-state index contributed by atoms with van der Waals surface area (Å²) in [7, 11) is 0. The van der Waals surface area contributed by atoms with Crippen molar-refractivity contribution in [3.8, 4) is 0 Å². The highest BCUT2D eigenvalue weighted by Crippen LogP contribution is 2.21. The van der Waals surface area contributed by atoms with Crippen LogP contribution >= 0.6 is 11.8 Å². The van der Waals surface area contributed by atoms with E-state index in [-0.39, 0.29) is 5.91 Å². The van der Waals surface area contributed by atoms with Crippen LogP contribution in [0.15, 0.2) is 18.3 Å². The van der Waals surface area contributed by atoms with Crippen LogP contribution < -0.4 is 11.1 Å². The van der Waals surface area contributed by atoms with Gasteiger partial charge in [-0.05, 0) is 42.4 Å². The lowest BCUT2D eigenvalue weighted by atomic mass is 10.0. The Bertz CT molecular complexity index is 391. The normalized spacial score (nSPS) is 16.7. The lowest BCUT2D eigenvalue weighted by molar-refractivity contribution is 0.0941. The van der Waals surface area contributed by atoms with Gasteiger partial charge in [-0.2, -0.15) is 11.8 Å². The number of nitrogens with zero attached hydrogens (tertiary/aromatic N) is 1. The zero-order valence-corrected chi connectivity index (χ0v) is 10.5. The number of pyridine rings is 1. The van der Waals surface area contributed by atoms with Gasteiger partial charge >= 0.3 is 0 Å². The highest BCUT2D eigenvalue weighted by molar-refractivity contribution is 7.99. The predicted octanol–water partition coefficient (Wildman–Crippen LogP) is 1.54. The largest absolute Gasteiger partial charge is 0.399 e. The minimum absolute atomic E-state index is 0.129. The summed E-state index contributed by atoms with van der Waals surface area (Å²) in [5.74, 6) is 2.89. The maximum Gasteiger partial charge on any atom is 0.269 e. The van der Waals surface area contributed by atoms with Crippen LogP contribution in [0.3, 0.4) is 0 Å². The van der Waals surface area contributed by atoms with Crippen molar-refractivity contribution in [1.82, 2.24) is 10.3 Å². The van der Waals surface area contributed by atoms with Gasteiger partial charge in [0.05, 0.1) is 0 Å². The second-order valence-corrected chi connectivity index (χ2v) is 5.46. The first-order valence-corrected chi connectivity index (χ1v) is 6.98. The molecule has 1 aliphatic heterocycles. The van der Waals surface area contributed by atoms with E-state index in [9.17, 15) is 4.79 Å². The highest BCUT2D eigenvalue weighted by Gasteiger charge is 2.15. The number of hydrogen-bond donors (Lipinski definition) is 2. The van der Waals surface area contributed by atoms with Gasteiger partial charge in [-0.25, -0.2) is 0 Å². The maximum absolute atomic E-state index is 11.8. The Morgan fingerprint density at radius 3 is 3.00 bits per heavy atom. The number of carbonyl (C=O) groups excluding carboxylic acids is 1. The smallest absolute Gasteiger partial charge is 0.269 e. The summed E-state index contributed by atoms with van der Waals surface area (Å²) in [5.41, 5.74) is 6.58. The van der Waals surface area contributed by atoms with Crippen LogP contribution in [0.1, 0.15) is 23.3 Å². The molecular formula is C12H17N3OS. The summed E-state index contributed by atoms with van der Waals surface area (Å²) in [6, 6.07) is 3.28. The van der Waals surface area contributed by atoms with E-state index in [1.165, 1.54) is 24.3 Å². The van der Waals surface area contributed by atoms with E-state index in [4.69, 9.17) is 5.73 Å². The number of nitrogen functional groups attached to an aromatic ring is 1. The van der Waals surface area contributed by atoms with Crippen LogP contribution in [0, 0.1) is 5.92 Å². The van der Waals surface area contributed by atoms with Crippen LogP contribution in [-0.2, 0) is 0 Å². The minimum Gasteiger partial charge on any atom is -0.399 e. The molecule has 1 fully saturated rings. The van der Waals surface area contributed by atoms with Crippen molar-refractivity contribution in [1.29, 1.82) is 0 Å². The Morgan fingerprint density at radius 1 is 1.53 bits per heavy atom. The molecule has 4 nitrogen and oxygen atoms in total. The number of hydrogen-bond acceptors (Lipinski definition) is 4. The molecule has 0 aliphatic carbocycles. The van der Waals surface area contributed by atoms with Gasteiger partial charge < -0.3 is 11.1 Å². The lowest BCUT2D eigenvalue weighted by Crippen LogP contribution is -2.31.